The van der Waals surface area contributed by atoms with E-state index in [1.165, 1.54) is 19.3 Å². The van der Waals surface area contributed by atoms with Crippen molar-refractivity contribution in [2.75, 3.05) is 7.11 Å². The van der Waals surface area contributed by atoms with Gasteiger partial charge in [0.15, 0.2) is 0 Å². The maximum Gasteiger partial charge on any atom is 0.348 e. The van der Waals surface area contributed by atoms with Crippen LogP contribution in [-0.4, -0.2) is 41.9 Å². The molecule has 0 saturated heterocycles. The normalized spacial score (nSPS) is 25.5. The van der Waals surface area contributed by atoms with Crippen LogP contribution in [0, 0.1) is 5.92 Å². The topological polar surface area (TPSA) is 63.6 Å². The van der Waals surface area contributed by atoms with Gasteiger partial charge in [-0.2, -0.15) is 0 Å². The second-order valence-electron chi connectivity index (χ2n) is 8.01. The molecule has 162 valence electrons. The van der Waals surface area contributed by atoms with Crippen molar-refractivity contribution >= 4 is 11.8 Å². The second-order valence-corrected chi connectivity index (χ2v) is 8.01. The van der Waals surface area contributed by atoms with Crippen molar-refractivity contribution in [2.24, 2.45) is 5.92 Å². The number of ether oxygens (including phenoxy) is 1. The predicted molar refractivity (Wildman–Crippen MR) is 105 cm³/mol. The number of halogens is 2. The molecule has 0 aromatic carbocycles. The number of alkyl halides is 2. The van der Waals surface area contributed by atoms with E-state index in [0.717, 1.165) is 26.4 Å². The van der Waals surface area contributed by atoms with Gasteiger partial charge in [0.05, 0.1) is 13.2 Å². The minimum absolute atomic E-state index is 0.00855. The maximum atomic E-state index is 15.4. The lowest BCUT2D eigenvalue weighted by Crippen LogP contribution is -2.33. The summed E-state index contributed by atoms with van der Waals surface area (Å²) in [4.78, 5) is 22.9. The number of unbranched alkanes of at least 4 members (excludes halogenated alkanes) is 5. The van der Waals surface area contributed by atoms with Gasteiger partial charge in [-0.05, 0) is 44.1 Å². The van der Waals surface area contributed by atoms with Gasteiger partial charge in [0.25, 0.3) is 6.17 Å². The molecule has 28 heavy (non-hydrogen) atoms. The van der Waals surface area contributed by atoms with Crippen LogP contribution >= 0.6 is 0 Å². The average molecular weight is 403 g/mol. The zero-order chi connectivity index (χ0) is 21.2. The largest absolute Gasteiger partial charge is 0.467 e. The van der Waals surface area contributed by atoms with Crippen molar-refractivity contribution in [3.63, 3.8) is 0 Å². The molecule has 0 aliphatic heterocycles. The van der Waals surface area contributed by atoms with Gasteiger partial charge in [-0.1, -0.05) is 52.0 Å². The molecule has 0 amide bonds. The van der Waals surface area contributed by atoms with Crippen molar-refractivity contribution in [1.82, 2.24) is 0 Å². The fourth-order valence-electron chi connectivity index (χ4n) is 4.13. The molecule has 1 saturated carbocycles. The number of esters is 1. The summed E-state index contributed by atoms with van der Waals surface area (Å²) in [6, 6.07) is 0. The highest BCUT2D eigenvalue weighted by Crippen LogP contribution is 2.45. The quantitative estimate of drug-likeness (QED) is 0.192. The van der Waals surface area contributed by atoms with Crippen LogP contribution in [0.2, 0.25) is 0 Å². The number of ketones is 1. The second kappa shape index (κ2) is 12.3. The lowest BCUT2D eigenvalue weighted by atomic mass is 9.82. The minimum atomic E-state index is -2.36. The molecule has 0 aromatic rings. The number of aliphatic hydroxyl groups excluding tert-OH is 1. The summed E-state index contributed by atoms with van der Waals surface area (Å²) in [7, 11) is 1.01. The fourth-order valence-corrected chi connectivity index (χ4v) is 4.13. The molecule has 4 nitrogen and oxygen atoms in total. The molecule has 6 heteroatoms. The highest BCUT2D eigenvalue weighted by atomic mass is 19.1. The van der Waals surface area contributed by atoms with Crippen molar-refractivity contribution in [1.29, 1.82) is 0 Å². The van der Waals surface area contributed by atoms with Crippen LogP contribution in [0.3, 0.4) is 0 Å². The molecular formula is C22H36F2O4. The number of Topliss-reactive ketones (excluding diaryl/α,β-unsaturated/α-hetero) is 1. The van der Waals surface area contributed by atoms with E-state index in [9.17, 15) is 19.1 Å². The van der Waals surface area contributed by atoms with Gasteiger partial charge in [0, 0.05) is 5.92 Å². The Kier molecular flexibility index (Phi) is 10.9. The van der Waals surface area contributed by atoms with E-state index in [2.05, 4.69) is 18.2 Å². The van der Waals surface area contributed by atoms with E-state index >= 15 is 4.39 Å². The molecule has 0 heterocycles. The summed E-state index contributed by atoms with van der Waals surface area (Å²) in [5, 5.41) is 10.2. The summed E-state index contributed by atoms with van der Waals surface area (Å²) in [5.74, 6) is -2.69. The summed E-state index contributed by atoms with van der Waals surface area (Å²) in [6.07, 6.45) is 5.73. The third-order valence-corrected chi connectivity index (χ3v) is 5.91. The molecule has 1 unspecified atom stereocenters. The number of carbonyl (C=O) groups is 2. The summed E-state index contributed by atoms with van der Waals surface area (Å²) in [6.45, 7) is 5.70. The summed E-state index contributed by atoms with van der Waals surface area (Å²) in [5.41, 5.74) is -1.38. The van der Waals surface area contributed by atoms with Gasteiger partial charge < -0.3 is 9.84 Å². The zero-order valence-corrected chi connectivity index (χ0v) is 17.4. The van der Waals surface area contributed by atoms with Crippen LogP contribution < -0.4 is 0 Å². The first-order chi connectivity index (χ1) is 13.3. The van der Waals surface area contributed by atoms with E-state index in [-0.39, 0.29) is 12.0 Å². The number of hydrogen-bond acceptors (Lipinski definition) is 4. The molecule has 4 atom stereocenters. The van der Waals surface area contributed by atoms with E-state index in [4.69, 9.17) is 0 Å². The number of carbonyl (C=O) groups excluding carboxylic acids is 2. The number of methoxy groups -OCH3 is 1. The van der Waals surface area contributed by atoms with Gasteiger partial charge in [-0.25, -0.2) is 13.6 Å². The lowest BCUT2D eigenvalue weighted by Gasteiger charge is -2.29. The molecule has 0 spiro atoms. The molecule has 1 rings (SSSR count). The molecule has 1 fully saturated rings. The third kappa shape index (κ3) is 7.26. The van der Waals surface area contributed by atoms with E-state index in [1.807, 2.05) is 0 Å². The van der Waals surface area contributed by atoms with E-state index in [0.29, 0.717) is 32.1 Å². The first-order valence-electron chi connectivity index (χ1n) is 10.6. The van der Waals surface area contributed by atoms with Gasteiger partial charge in [-0.15, -0.1) is 0 Å². The Bertz CT molecular complexity index is 523. The average Bonchev–Trinajstić information content (AvgIpc) is 2.97. The standard InChI is InChI=1S/C22H36F2O4/c1-4-5-6-7-8-9-14-22(24)15-13-18(25)17(22)12-10-11-16(2)20(26)19(23)21(27)28-3/h17-19,25H,2,4-15H2,1,3H3/t17-,18-,19?,22+/m0/s1. The number of aliphatic hydroxyl groups is 1. The van der Waals surface area contributed by atoms with Gasteiger partial charge in [-0.3, -0.25) is 4.79 Å². The van der Waals surface area contributed by atoms with Crippen LogP contribution in [-0.2, 0) is 14.3 Å². The van der Waals surface area contributed by atoms with Crippen molar-refractivity contribution < 1.29 is 28.2 Å². The lowest BCUT2D eigenvalue weighted by molar-refractivity contribution is -0.149. The van der Waals surface area contributed by atoms with E-state index < -0.39 is 35.6 Å². The first-order valence-corrected chi connectivity index (χ1v) is 10.6. The fraction of sp³-hybridized carbons (Fsp3) is 0.818. The Hall–Kier alpha value is -1.30. The molecule has 1 N–H and O–H groups in total. The molecule has 0 bridgehead atoms. The highest BCUT2D eigenvalue weighted by Gasteiger charge is 2.47. The van der Waals surface area contributed by atoms with Crippen molar-refractivity contribution in [3.8, 4) is 0 Å². The van der Waals surface area contributed by atoms with Gasteiger partial charge >= 0.3 is 5.97 Å². The van der Waals surface area contributed by atoms with Crippen molar-refractivity contribution in [2.45, 2.75) is 102 Å². The zero-order valence-electron chi connectivity index (χ0n) is 17.4. The van der Waals surface area contributed by atoms with Crippen LogP contribution in [0.5, 0.6) is 0 Å². The minimum Gasteiger partial charge on any atom is -0.467 e. The van der Waals surface area contributed by atoms with Gasteiger partial charge in [0.1, 0.15) is 5.67 Å². The highest BCUT2D eigenvalue weighted by molar-refractivity contribution is 6.10. The molecule has 0 aromatic heterocycles. The number of allylic oxidation sites excluding steroid dienone is 1. The number of hydrogen-bond donors (Lipinski definition) is 1. The van der Waals surface area contributed by atoms with Gasteiger partial charge in [0.2, 0.25) is 5.78 Å². The Morgan fingerprint density at radius 3 is 2.50 bits per heavy atom. The maximum absolute atomic E-state index is 15.4. The third-order valence-electron chi connectivity index (χ3n) is 5.91. The van der Waals surface area contributed by atoms with Crippen LogP contribution in [0.15, 0.2) is 12.2 Å². The van der Waals surface area contributed by atoms with Crippen LogP contribution in [0.4, 0.5) is 8.78 Å². The summed E-state index contributed by atoms with van der Waals surface area (Å²) >= 11 is 0. The molecule has 1 aliphatic rings. The SMILES string of the molecule is C=C(CCC[C@H]1[C@@H](O)CC[C@]1(F)CCCCCCCC)C(=O)C(F)C(=O)OC. The van der Waals surface area contributed by atoms with Crippen LogP contribution in [0.25, 0.3) is 0 Å². The number of rotatable bonds is 14. The Morgan fingerprint density at radius 2 is 1.86 bits per heavy atom. The molecule has 0 radical (unpaired) electrons. The predicted octanol–water partition coefficient (Wildman–Crippen LogP) is 5.02. The van der Waals surface area contributed by atoms with Crippen LogP contribution in [0.1, 0.15) is 84.0 Å². The monoisotopic (exact) mass is 402 g/mol. The van der Waals surface area contributed by atoms with Crippen molar-refractivity contribution in [3.05, 3.63) is 12.2 Å². The Balaban J connectivity index is 2.44. The Labute approximate surface area is 167 Å². The Morgan fingerprint density at radius 1 is 1.21 bits per heavy atom. The molecule has 1 aliphatic carbocycles. The summed E-state index contributed by atoms with van der Waals surface area (Å²) < 4.78 is 33.2. The van der Waals surface area contributed by atoms with E-state index in [1.54, 1.807) is 0 Å². The smallest absolute Gasteiger partial charge is 0.348 e. The first kappa shape index (κ1) is 24.7. The molecular weight excluding hydrogens is 366 g/mol.